The average Bonchev–Trinajstić information content (AvgIpc) is 2.90. The average molecular weight is 359 g/mol. The number of hydrogen-bond donors (Lipinski definition) is 1. The van der Waals surface area contributed by atoms with Gasteiger partial charge >= 0.3 is 5.97 Å². The number of nitrogens with zero attached hydrogens (tertiary/aromatic N) is 3. The molecule has 1 aromatic heterocycles. The van der Waals surface area contributed by atoms with Gasteiger partial charge in [0.25, 0.3) is 0 Å². The van der Waals surface area contributed by atoms with E-state index in [0.717, 1.165) is 11.1 Å². The Kier molecular flexibility index (Phi) is 4.14. The van der Waals surface area contributed by atoms with Crippen molar-refractivity contribution >= 4 is 16.0 Å². The molecule has 7 nitrogen and oxygen atoms in total. The van der Waals surface area contributed by atoms with Crippen LogP contribution in [0.4, 0.5) is 0 Å². The maximum absolute atomic E-state index is 13.0. The summed E-state index contributed by atoms with van der Waals surface area (Å²) in [5, 5.41) is 18.2. The Morgan fingerprint density at radius 1 is 1.28 bits per heavy atom. The Bertz CT molecular complexity index is 1020. The molecule has 8 heteroatoms. The molecule has 0 spiro atoms. The molecule has 0 amide bonds. The van der Waals surface area contributed by atoms with Gasteiger partial charge in [-0.2, -0.15) is 9.57 Å². The fourth-order valence-corrected chi connectivity index (χ4v) is 4.77. The summed E-state index contributed by atoms with van der Waals surface area (Å²) in [6.45, 7) is 2.08. The minimum absolute atomic E-state index is 0.00675. The van der Waals surface area contributed by atoms with Crippen LogP contribution in [0.2, 0.25) is 0 Å². The maximum Gasteiger partial charge on any atom is 0.352 e. The van der Waals surface area contributed by atoms with E-state index >= 15 is 0 Å². The molecule has 0 unspecified atom stereocenters. The van der Waals surface area contributed by atoms with Crippen LogP contribution in [0.5, 0.6) is 0 Å². The lowest BCUT2D eigenvalue weighted by molar-refractivity contribution is 0.0686. The molecule has 2 aromatic rings. The van der Waals surface area contributed by atoms with E-state index in [2.05, 4.69) is 6.07 Å². The van der Waals surface area contributed by atoms with E-state index < -0.39 is 16.0 Å². The second-order valence-corrected chi connectivity index (χ2v) is 7.93. The van der Waals surface area contributed by atoms with Gasteiger partial charge < -0.3 is 9.67 Å². The number of carboxylic acid groups (broad SMARTS) is 1. The van der Waals surface area contributed by atoms with E-state index in [0.29, 0.717) is 24.2 Å². The summed E-state index contributed by atoms with van der Waals surface area (Å²) in [7, 11) is -2.29. The van der Waals surface area contributed by atoms with Crippen molar-refractivity contribution in [2.24, 2.45) is 7.05 Å². The van der Waals surface area contributed by atoms with E-state index in [-0.39, 0.29) is 17.1 Å². The molecule has 1 aliphatic heterocycles. The van der Waals surface area contributed by atoms with Crippen LogP contribution in [0, 0.1) is 18.3 Å². The van der Waals surface area contributed by atoms with Crippen molar-refractivity contribution < 1.29 is 18.3 Å². The first kappa shape index (κ1) is 17.2. The van der Waals surface area contributed by atoms with Crippen LogP contribution >= 0.6 is 0 Å². The van der Waals surface area contributed by atoms with Crippen molar-refractivity contribution in [3.05, 3.63) is 52.3 Å². The molecule has 1 aliphatic rings. The predicted octanol–water partition coefficient (Wildman–Crippen LogP) is 1.65. The number of sulfonamides is 1. The zero-order valence-electron chi connectivity index (χ0n) is 13.9. The SMILES string of the molecule is Cc1c(S(=O)(=O)N2CCc3ccc(C#N)cc3C2)cc(C(=O)O)n1C. The van der Waals surface area contributed by atoms with Crippen molar-refractivity contribution in [3.8, 4) is 6.07 Å². The van der Waals surface area contributed by atoms with Crippen molar-refractivity contribution in [2.75, 3.05) is 6.54 Å². The molecule has 0 saturated carbocycles. The summed E-state index contributed by atoms with van der Waals surface area (Å²) in [6.07, 6.45) is 0.554. The molecule has 0 fully saturated rings. The number of carbonyl (C=O) groups is 1. The highest BCUT2D eigenvalue weighted by Gasteiger charge is 2.32. The maximum atomic E-state index is 13.0. The summed E-state index contributed by atoms with van der Waals surface area (Å²) < 4.78 is 28.7. The van der Waals surface area contributed by atoms with E-state index in [4.69, 9.17) is 5.26 Å². The number of hydrogen-bond acceptors (Lipinski definition) is 4. The third-order valence-corrected chi connectivity index (χ3v) is 6.60. The van der Waals surface area contributed by atoms with Crippen LogP contribution in [0.3, 0.4) is 0 Å². The first-order chi connectivity index (χ1) is 11.8. The topological polar surface area (TPSA) is 103 Å². The number of fused-ring (bicyclic) bond motifs is 1. The van der Waals surface area contributed by atoms with E-state index in [1.54, 1.807) is 19.1 Å². The summed E-state index contributed by atoms with van der Waals surface area (Å²) >= 11 is 0. The van der Waals surface area contributed by atoms with Gasteiger partial charge in [-0.1, -0.05) is 6.07 Å². The third-order valence-electron chi connectivity index (χ3n) is 4.64. The van der Waals surface area contributed by atoms with Crippen LogP contribution in [-0.2, 0) is 30.0 Å². The molecule has 1 N–H and O–H groups in total. The van der Waals surface area contributed by atoms with Gasteiger partial charge in [-0.15, -0.1) is 0 Å². The fourth-order valence-electron chi connectivity index (χ4n) is 3.08. The molecule has 0 radical (unpaired) electrons. The second kappa shape index (κ2) is 6.02. The summed E-state index contributed by atoms with van der Waals surface area (Å²) in [6, 6.07) is 8.55. The lowest BCUT2D eigenvalue weighted by atomic mass is 9.99. The minimum Gasteiger partial charge on any atom is -0.477 e. The number of benzene rings is 1. The van der Waals surface area contributed by atoms with Gasteiger partial charge in [0, 0.05) is 25.8 Å². The van der Waals surface area contributed by atoms with Crippen LogP contribution in [-0.4, -0.2) is 34.9 Å². The van der Waals surface area contributed by atoms with E-state index in [9.17, 15) is 18.3 Å². The van der Waals surface area contributed by atoms with Crippen molar-refractivity contribution in [1.29, 1.82) is 5.26 Å². The minimum atomic E-state index is -3.82. The van der Waals surface area contributed by atoms with E-state index in [1.165, 1.54) is 22.0 Å². The quantitative estimate of drug-likeness (QED) is 0.897. The number of nitriles is 1. The third kappa shape index (κ3) is 2.81. The lowest BCUT2D eigenvalue weighted by Crippen LogP contribution is -2.36. The highest BCUT2D eigenvalue weighted by molar-refractivity contribution is 7.89. The molecule has 0 bridgehead atoms. The Morgan fingerprint density at radius 3 is 2.60 bits per heavy atom. The Labute approximate surface area is 145 Å². The zero-order chi connectivity index (χ0) is 18.4. The number of aromatic nitrogens is 1. The molecular weight excluding hydrogens is 342 g/mol. The van der Waals surface area contributed by atoms with Gasteiger partial charge in [-0.3, -0.25) is 0 Å². The van der Waals surface area contributed by atoms with Gasteiger partial charge in [0.2, 0.25) is 10.0 Å². The number of aromatic carboxylic acids is 1. The van der Waals surface area contributed by atoms with Gasteiger partial charge in [-0.25, -0.2) is 13.2 Å². The molecule has 2 heterocycles. The summed E-state index contributed by atoms with van der Waals surface area (Å²) in [5.41, 5.74) is 2.64. The first-order valence-corrected chi connectivity index (χ1v) is 9.11. The van der Waals surface area contributed by atoms with E-state index in [1.807, 2.05) is 6.07 Å². The van der Waals surface area contributed by atoms with Gasteiger partial charge in [0.05, 0.1) is 11.6 Å². The first-order valence-electron chi connectivity index (χ1n) is 7.67. The van der Waals surface area contributed by atoms with Gasteiger partial charge in [0.15, 0.2) is 0 Å². The Balaban J connectivity index is 2.01. The smallest absolute Gasteiger partial charge is 0.352 e. The molecule has 130 valence electrons. The van der Waals surface area contributed by atoms with Crippen LogP contribution < -0.4 is 0 Å². The van der Waals surface area contributed by atoms with Crippen molar-refractivity contribution in [3.63, 3.8) is 0 Å². The molecule has 0 aliphatic carbocycles. The van der Waals surface area contributed by atoms with Gasteiger partial charge in [-0.05, 0) is 42.7 Å². The largest absolute Gasteiger partial charge is 0.477 e. The van der Waals surface area contributed by atoms with Crippen LogP contribution in [0.25, 0.3) is 0 Å². The Morgan fingerprint density at radius 2 is 2.00 bits per heavy atom. The molecule has 0 atom stereocenters. The number of carboxylic acids is 1. The fraction of sp³-hybridized carbons (Fsp3) is 0.294. The highest BCUT2D eigenvalue weighted by atomic mass is 32.2. The zero-order valence-corrected chi connectivity index (χ0v) is 14.7. The molecule has 25 heavy (non-hydrogen) atoms. The molecule has 3 rings (SSSR count). The lowest BCUT2D eigenvalue weighted by Gasteiger charge is -2.28. The van der Waals surface area contributed by atoms with Crippen molar-refractivity contribution in [2.45, 2.75) is 24.8 Å². The standard InChI is InChI=1S/C17H17N3O4S/c1-11-16(8-15(17(21)22)19(11)2)25(23,24)20-6-5-13-4-3-12(9-18)7-14(13)10-20/h3-4,7-8H,5-6,10H2,1-2H3,(H,21,22). The van der Waals surface area contributed by atoms with Crippen molar-refractivity contribution in [1.82, 2.24) is 8.87 Å². The normalized spacial score (nSPS) is 14.8. The molecule has 1 aromatic carbocycles. The predicted molar refractivity (Wildman–Crippen MR) is 89.6 cm³/mol. The summed E-state index contributed by atoms with van der Waals surface area (Å²) in [4.78, 5) is 11.3. The number of rotatable bonds is 3. The van der Waals surface area contributed by atoms with Crippen LogP contribution in [0.15, 0.2) is 29.2 Å². The monoisotopic (exact) mass is 359 g/mol. The van der Waals surface area contributed by atoms with Crippen LogP contribution in [0.1, 0.15) is 32.9 Å². The second-order valence-electron chi connectivity index (χ2n) is 6.03. The summed E-state index contributed by atoms with van der Waals surface area (Å²) in [5.74, 6) is -1.17. The Hall–Kier alpha value is -2.63. The van der Waals surface area contributed by atoms with Gasteiger partial charge in [0.1, 0.15) is 10.6 Å². The molecular formula is C17H17N3O4S. The highest BCUT2D eigenvalue weighted by Crippen LogP contribution is 2.28. The molecule has 0 saturated heterocycles.